The van der Waals surface area contributed by atoms with Crippen LogP contribution in [-0.4, -0.2) is 10.9 Å². The van der Waals surface area contributed by atoms with Crippen molar-refractivity contribution in [2.45, 2.75) is 6.92 Å². The highest BCUT2D eigenvalue weighted by Gasteiger charge is 2.11. The summed E-state index contributed by atoms with van der Waals surface area (Å²) >= 11 is 0. The van der Waals surface area contributed by atoms with Crippen molar-refractivity contribution in [2.24, 2.45) is 0 Å². The van der Waals surface area contributed by atoms with Gasteiger partial charge < -0.3 is 10.8 Å². The van der Waals surface area contributed by atoms with Gasteiger partial charge in [-0.25, -0.2) is 0 Å². The van der Waals surface area contributed by atoms with Crippen molar-refractivity contribution in [1.29, 1.82) is 0 Å². The van der Waals surface area contributed by atoms with Gasteiger partial charge in [0.2, 0.25) is 0 Å². The van der Waals surface area contributed by atoms with Crippen LogP contribution in [0.3, 0.4) is 0 Å². The first kappa shape index (κ1) is 11.2. The zero-order chi connectivity index (χ0) is 12.4. The highest BCUT2D eigenvalue weighted by Crippen LogP contribution is 2.19. The molecule has 0 unspecified atom stereocenters. The molecular formula is C14H13NO2. The molecule has 2 aromatic rings. The van der Waals surface area contributed by atoms with Crippen LogP contribution in [0.4, 0.5) is 5.69 Å². The van der Waals surface area contributed by atoms with Crippen LogP contribution < -0.4 is 5.73 Å². The molecule has 3 N–H and O–H groups in total. The number of ketones is 1. The normalized spacial score (nSPS) is 10.2. The van der Waals surface area contributed by atoms with Crippen molar-refractivity contribution in [1.82, 2.24) is 0 Å². The lowest BCUT2D eigenvalue weighted by atomic mass is 9.99. The van der Waals surface area contributed by atoms with Crippen molar-refractivity contribution in [3.05, 3.63) is 59.2 Å². The standard InChI is InChI=1S/C14H13NO2/c1-9-8-12(16)6-7-13(9)14(17)10-2-4-11(15)5-3-10/h2-8,16H,15H2,1H3. The minimum Gasteiger partial charge on any atom is -0.508 e. The van der Waals surface area contributed by atoms with E-state index in [1.54, 1.807) is 43.3 Å². The molecule has 2 rings (SSSR count). The zero-order valence-corrected chi connectivity index (χ0v) is 9.47. The van der Waals surface area contributed by atoms with Gasteiger partial charge in [-0.1, -0.05) is 0 Å². The molecule has 0 saturated carbocycles. The number of anilines is 1. The van der Waals surface area contributed by atoms with E-state index in [-0.39, 0.29) is 11.5 Å². The maximum atomic E-state index is 12.2. The third-order valence-electron chi connectivity index (χ3n) is 2.63. The number of aromatic hydroxyl groups is 1. The summed E-state index contributed by atoms with van der Waals surface area (Å²) in [6.45, 7) is 1.80. The SMILES string of the molecule is Cc1cc(O)ccc1C(=O)c1ccc(N)cc1. The average Bonchev–Trinajstić information content (AvgIpc) is 2.29. The molecule has 0 amide bonds. The molecule has 86 valence electrons. The van der Waals surface area contributed by atoms with E-state index < -0.39 is 0 Å². The monoisotopic (exact) mass is 227 g/mol. The maximum absolute atomic E-state index is 12.2. The van der Waals surface area contributed by atoms with Crippen molar-refractivity contribution in [2.75, 3.05) is 5.73 Å². The highest BCUT2D eigenvalue weighted by atomic mass is 16.3. The summed E-state index contributed by atoms with van der Waals surface area (Å²) in [4.78, 5) is 12.2. The Labute approximate surface area is 99.5 Å². The summed E-state index contributed by atoms with van der Waals surface area (Å²) in [6, 6.07) is 11.5. The van der Waals surface area contributed by atoms with Crippen molar-refractivity contribution in [3.63, 3.8) is 0 Å². The molecule has 17 heavy (non-hydrogen) atoms. The molecule has 0 aromatic heterocycles. The molecule has 0 spiro atoms. The maximum Gasteiger partial charge on any atom is 0.193 e. The zero-order valence-electron chi connectivity index (χ0n) is 9.47. The number of carbonyl (C=O) groups excluding carboxylic acids is 1. The number of phenolic OH excluding ortho intramolecular Hbond substituents is 1. The van der Waals surface area contributed by atoms with Crippen LogP contribution in [0.1, 0.15) is 21.5 Å². The fourth-order valence-electron chi connectivity index (χ4n) is 1.69. The molecule has 3 heteroatoms. The van der Waals surface area contributed by atoms with E-state index in [2.05, 4.69) is 0 Å². The van der Waals surface area contributed by atoms with Gasteiger partial charge in [0.15, 0.2) is 5.78 Å². The lowest BCUT2D eigenvalue weighted by molar-refractivity contribution is 0.103. The van der Waals surface area contributed by atoms with Gasteiger partial charge in [-0.15, -0.1) is 0 Å². The van der Waals surface area contributed by atoms with Gasteiger partial charge in [-0.2, -0.15) is 0 Å². The summed E-state index contributed by atoms with van der Waals surface area (Å²) in [7, 11) is 0. The predicted molar refractivity (Wildman–Crippen MR) is 67.1 cm³/mol. The van der Waals surface area contributed by atoms with E-state index in [1.165, 1.54) is 6.07 Å². The van der Waals surface area contributed by atoms with Crippen molar-refractivity contribution < 1.29 is 9.90 Å². The van der Waals surface area contributed by atoms with E-state index >= 15 is 0 Å². The Morgan fingerprint density at radius 1 is 1.12 bits per heavy atom. The van der Waals surface area contributed by atoms with Crippen LogP contribution in [0.25, 0.3) is 0 Å². The summed E-state index contributed by atoms with van der Waals surface area (Å²) in [5.41, 5.74) is 8.14. The summed E-state index contributed by atoms with van der Waals surface area (Å²) in [5.74, 6) is 0.0962. The molecule has 2 aromatic carbocycles. The Morgan fingerprint density at radius 2 is 1.76 bits per heavy atom. The number of aryl methyl sites for hydroxylation is 1. The van der Waals surface area contributed by atoms with Gasteiger partial charge in [-0.05, 0) is 55.0 Å². The molecule has 0 bridgehead atoms. The number of phenols is 1. The molecule has 0 aliphatic heterocycles. The number of hydrogen-bond acceptors (Lipinski definition) is 3. The molecular weight excluding hydrogens is 214 g/mol. The number of nitrogen functional groups attached to an aromatic ring is 1. The van der Waals surface area contributed by atoms with Crippen LogP contribution >= 0.6 is 0 Å². The molecule has 0 heterocycles. The lowest BCUT2D eigenvalue weighted by Crippen LogP contribution is -2.03. The van der Waals surface area contributed by atoms with Gasteiger partial charge in [0.05, 0.1) is 0 Å². The van der Waals surface area contributed by atoms with Crippen LogP contribution in [-0.2, 0) is 0 Å². The number of hydrogen-bond donors (Lipinski definition) is 2. The van der Waals surface area contributed by atoms with Crippen LogP contribution in [0.15, 0.2) is 42.5 Å². The second kappa shape index (κ2) is 4.29. The molecule has 0 aliphatic carbocycles. The largest absolute Gasteiger partial charge is 0.508 e. The minimum atomic E-state index is -0.0671. The van der Waals surface area contributed by atoms with Crippen LogP contribution in [0, 0.1) is 6.92 Å². The summed E-state index contributed by atoms with van der Waals surface area (Å²) in [5, 5.41) is 9.30. The van der Waals surface area contributed by atoms with E-state index in [4.69, 9.17) is 5.73 Å². The van der Waals surface area contributed by atoms with Gasteiger partial charge in [0, 0.05) is 16.8 Å². The van der Waals surface area contributed by atoms with Crippen molar-refractivity contribution >= 4 is 11.5 Å². The second-order valence-electron chi connectivity index (χ2n) is 3.95. The first-order valence-corrected chi connectivity index (χ1v) is 5.28. The predicted octanol–water partition coefficient (Wildman–Crippen LogP) is 2.51. The fourth-order valence-corrected chi connectivity index (χ4v) is 1.69. The molecule has 0 saturated heterocycles. The van der Waals surface area contributed by atoms with E-state index in [0.717, 1.165) is 5.56 Å². The fraction of sp³-hybridized carbons (Fsp3) is 0.0714. The molecule has 0 aliphatic rings. The first-order chi connectivity index (χ1) is 8.08. The topological polar surface area (TPSA) is 63.3 Å². The minimum absolute atomic E-state index is 0.0671. The Morgan fingerprint density at radius 3 is 2.35 bits per heavy atom. The van der Waals surface area contributed by atoms with Gasteiger partial charge in [0.1, 0.15) is 5.75 Å². The smallest absolute Gasteiger partial charge is 0.193 e. The molecule has 0 atom stereocenters. The Hall–Kier alpha value is -2.29. The highest BCUT2D eigenvalue weighted by molar-refractivity contribution is 6.10. The molecule has 0 radical (unpaired) electrons. The average molecular weight is 227 g/mol. The number of rotatable bonds is 2. The third-order valence-corrected chi connectivity index (χ3v) is 2.63. The van der Waals surface area contributed by atoms with Gasteiger partial charge in [-0.3, -0.25) is 4.79 Å². The Balaban J connectivity index is 2.40. The summed E-state index contributed by atoms with van der Waals surface area (Å²) < 4.78 is 0. The van der Waals surface area contributed by atoms with E-state index in [9.17, 15) is 9.90 Å². The number of benzene rings is 2. The second-order valence-corrected chi connectivity index (χ2v) is 3.95. The Bertz CT molecular complexity index is 559. The molecule has 3 nitrogen and oxygen atoms in total. The van der Waals surface area contributed by atoms with Crippen molar-refractivity contribution in [3.8, 4) is 5.75 Å². The van der Waals surface area contributed by atoms with Gasteiger partial charge >= 0.3 is 0 Å². The van der Waals surface area contributed by atoms with Gasteiger partial charge in [0.25, 0.3) is 0 Å². The lowest BCUT2D eigenvalue weighted by Gasteiger charge is -2.05. The number of nitrogens with two attached hydrogens (primary N) is 1. The van der Waals surface area contributed by atoms with E-state index in [1.807, 2.05) is 0 Å². The van der Waals surface area contributed by atoms with Crippen LogP contribution in [0.5, 0.6) is 5.75 Å². The summed E-state index contributed by atoms with van der Waals surface area (Å²) in [6.07, 6.45) is 0. The third kappa shape index (κ3) is 2.28. The Kier molecular flexibility index (Phi) is 2.83. The molecule has 0 fully saturated rings. The number of carbonyl (C=O) groups is 1. The van der Waals surface area contributed by atoms with E-state index in [0.29, 0.717) is 16.8 Å². The van der Waals surface area contributed by atoms with Crippen LogP contribution in [0.2, 0.25) is 0 Å². The quantitative estimate of drug-likeness (QED) is 0.612. The first-order valence-electron chi connectivity index (χ1n) is 5.28.